The first-order valence-corrected chi connectivity index (χ1v) is 12.7. The van der Waals surface area contributed by atoms with E-state index in [1.807, 2.05) is 28.0 Å². The third-order valence-corrected chi connectivity index (χ3v) is 8.86. The van der Waals surface area contributed by atoms with Crippen molar-refractivity contribution in [2.24, 2.45) is 0 Å². The zero-order valence-electron chi connectivity index (χ0n) is 17.4. The largest absolute Gasteiger partial charge is 0.310 e. The molecule has 2 aliphatic heterocycles. The monoisotopic (exact) mass is 463 g/mol. The molecule has 1 atom stereocenters. The number of nitrogens with zero attached hydrogens (tertiary/aromatic N) is 3. The van der Waals surface area contributed by atoms with Gasteiger partial charge in [-0.15, -0.1) is 11.8 Å². The van der Waals surface area contributed by atoms with Gasteiger partial charge < -0.3 is 4.90 Å². The van der Waals surface area contributed by atoms with Crippen LogP contribution >= 0.6 is 11.8 Å². The molecule has 9 heteroatoms. The van der Waals surface area contributed by atoms with Gasteiger partial charge in [0.1, 0.15) is 10.7 Å². The molecular formula is C22H26FN3O3S2. The molecular weight excluding hydrogens is 437 g/mol. The van der Waals surface area contributed by atoms with E-state index in [0.29, 0.717) is 24.9 Å². The standard InChI is InChI=1S/C22H26FN3O3S2/c1-17-10-11-26(19-7-3-4-8-20(19)30-17)22(27)16-24-12-14-25(15-13-24)31(28,29)21-9-5-2-6-18(21)23/h2-9,17H,10-16H2,1H3. The molecule has 2 aromatic rings. The van der Waals surface area contributed by atoms with Gasteiger partial charge in [-0.2, -0.15) is 4.31 Å². The summed E-state index contributed by atoms with van der Waals surface area (Å²) >= 11 is 1.79. The van der Waals surface area contributed by atoms with Crippen molar-refractivity contribution in [2.45, 2.75) is 28.4 Å². The average Bonchev–Trinajstić information content (AvgIpc) is 2.92. The number of piperazine rings is 1. The molecule has 6 nitrogen and oxygen atoms in total. The number of halogens is 1. The molecule has 2 aromatic carbocycles. The van der Waals surface area contributed by atoms with Crippen LogP contribution in [0.2, 0.25) is 0 Å². The summed E-state index contributed by atoms with van der Waals surface area (Å²) in [5.74, 6) is -0.723. The van der Waals surface area contributed by atoms with Crippen LogP contribution in [0.4, 0.5) is 10.1 Å². The quantitative estimate of drug-likeness (QED) is 0.698. The fourth-order valence-electron chi connectivity index (χ4n) is 3.94. The highest BCUT2D eigenvalue weighted by Crippen LogP contribution is 2.37. The van der Waals surface area contributed by atoms with E-state index in [-0.39, 0.29) is 30.4 Å². The Balaban J connectivity index is 1.40. The molecule has 2 aliphatic rings. The van der Waals surface area contributed by atoms with Gasteiger partial charge in [0.05, 0.1) is 12.2 Å². The second-order valence-electron chi connectivity index (χ2n) is 7.84. The predicted octanol–water partition coefficient (Wildman–Crippen LogP) is 3.05. The lowest BCUT2D eigenvalue weighted by Gasteiger charge is -2.34. The summed E-state index contributed by atoms with van der Waals surface area (Å²) < 4.78 is 40.9. The molecule has 0 N–H and O–H groups in total. The molecule has 0 bridgehead atoms. The van der Waals surface area contributed by atoms with Gasteiger partial charge in [-0.05, 0) is 30.7 Å². The number of hydrogen-bond donors (Lipinski definition) is 0. The maximum absolute atomic E-state index is 14.0. The molecule has 0 saturated carbocycles. The number of rotatable bonds is 4. The van der Waals surface area contributed by atoms with Crippen LogP contribution in [0.1, 0.15) is 13.3 Å². The van der Waals surface area contributed by atoms with Crippen molar-refractivity contribution in [3.8, 4) is 0 Å². The Hall–Kier alpha value is -1.94. The summed E-state index contributed by atoms with van der Waals surface area (Å²) in [6.07, 6.45) is 0.916. The second-order valence-corrected chi connectivity index (χ2v) is 11.2. The van der Waals surface area contributed by atoms with Crippen molar-refractivity contribution in [3.63, 3.8) is 0 Å². The van der Waals surface area contributed by atoms with Gasteiger partial charge in [0, 0.05) is 42.9 Å². The van der Waals surface area contributed by atoms with Crippen LogP contribution in [0.25, 0.3) is 0 Å². The van der Waals surface area contributed by atoms with Gasteiger partial charge >= 0.3 is 0 Å². The van der Waals surface area contributed by atoms with Crippen LogP contribution in [-0.4, -0.2) is 68.0 Å². The highest BCUT2D eigenvalue weighted by atomic mass is 32.2. The van der Waals surface area contributed by atoms with Gasteiger partial charge in [-0.25, -0.2) is 12.8 Å². The zero-order valence-corrected chi connectivity index (χ0v) is 19.0. The maximum atomic E-state index is 14.0. The van der Waals surface area contributed by atoms with E-state index in [9.17, 15) is 17.6 Å². The number of sulfonamides is 1. The molecule has 166 valence electrons. The Morgan fingerprint density at radius 3 is 2.45 bits per heavy atom. The van der Waals surface area contributed by atoms with E-state index < -0.39 is 15.8 Å². The molecule has 1 unspecified atom stereocenters. The summed E-state index contributed by atoms with van der Waals surface area (Å²) in [4.78, 5) is 17.8. The minimum Gasteiger partial charge on any atom is -0.310 e. The highest BCUT2D eigenvalue weighted by Gasteiger charge is 2.32. The summed E-state index contributed by atoms with van der Waals surface area (Å²) in [5.41, 5.74) is 0.947. The average molecular weight is 464 g/mol. The van der Waals surface area contributed by atoms with E-state index in [4.69, 9.17) is 0 Å². The fraction of sp³-hybridized carbons (Fsp3) is 0.409. The molecule has 0 spiro atoms. The lowest BCUT2D eigenvalue weighted by Crippen LogP contribution is -2.51. The predicted molar refractivity (Wildman–Crippen MR) is 120 cm³/mol. The number of carbonyl (C=O) groups is 1. The van der Waals surface area contributed by atoms with E-state index in [1.165, 1.54) is 22.5 Å². The van der Waals surface area contributed by atoms with Crippen molar-refractivity contribution in [1.29, 1.82) is 0 Å². The van der Waals surface area contributed by atoms with Gasteiger partial charge in [0.15, 0.2) is 0 Å². The first kappa shape index (κ1) is 22.3. The molecule has 4 rings (SSSR count). The smallest absolute Gasteiger partial charge is 0.246 e. The van der Waals surface area contributed by atoms with Crippen molar-refractivity contribution < 1.29 is 17.6 Å². The number of hydrogen-bond acceptors (Lipinski definition) is 5. The number of carbonyl (C=O) groups excluding carboxylic acids is 1. The maximum Gasteiger partial charge on any atom is 0.246 e. The van der Waals surface area contributed by atoms with E-state index >= 15 is 0 Å². The van der Waals surface area contributed by atoms with Crippen LogP contribution in [0, 0.1) is 5.82 Å². The molecule has 0 radical (unpaired) electrons. The molecule has 0 aromatic heterocycles. The Morgan fingerprint density at radius 1 is 1.03 bits per heavy atom. The topological polar surface area (TPSA) is 60.9 Å². The van der Waals surface area contributed by atoms with Gasteiger partial charge in [-0.1, -0.05) is 31.2 Å². The number of fused-ring (bicyclic) bond motifs is 1. The van der Waals surface area contributed by atoms with Gasteiger partial charge in [0.25, 0.3) is 0 Å². The normalized spacial score (nSPS) is 20.8. The SMILES string of the molecule is CC1CCN(C(=O)CN2CCN(S(=O)(=O)c3ccccc3F)CC2)c2ccccc2S1. The summed E-state index contributed by atoms with van der Waals surface area (Å²) in [5, 5.41) is 0.436. The lowest BCUT2D eigenvalue weighted by atomic mass is 10.2. The highest BCUT2D eigenvalue weighted by molar-refractivity contribution is 8.00. The molecule has 1 fully saturated rings. The van der Waals surface area contributed by atoms with E-state index in [2.05, 4.69) is 13.0 Å². The number of benzene rings is 2. The van der Waals surface area contributed by atoms with E-state index in [0.717, 1.165) is 23.1 Å². The first-order valence-electron chi connectivity index (χ1n) is 10.4. The number of amides is 1. The number of para-hydroxylation sites is 1. The Bertz CT molecular complexity index is 1060. The van der Waals surface area contributed by atoms with Gasteiger partial charge in [-0.3, -0.25) is 9.69 Å². The van der Waals surface area contributed by atoms with Gasteiger partial charge in [0.2, 0.25) is 15.9 Å². The Kier molecular flexibility index (Phi) is 6.66. The minimum absolute atomic E-state index is 0.0209. The molecule has 1 saturated heterocycles. The Morgan fingerprint density at radius 2 is 1.71 bits per heavy atom. The van der Waals surface area contributed by atoms with Crippen LogP contribution in [-0.2, 0) is 14.8 Å². The third-order valence-electron chi connectivity index (χ3n) is 5.69. The summed E-state index contributed by atoms with van der Waals surface area (Å²) in [6.45, 7) is 4.40. The minimum atomic E-state index is -3.88. The number of anilines is 1. The van der Waals surface area contributed by atoms with Crippen molar-refractivity contribution in [1.82, 2.24) is 9.21 Å². The fourth-order valence-corrected chi connectivity index (χ4v) is 6.54. The van der Waals surface area contributed by atoms with Crippen LogP contribution in [0.3, 0.4) is 0 Å². The van der Waals surface area contributed by atoms with Crippen LogP contribution in [0.5, 0.6) is 0 Å². The summed E-state index contributed by atoms with van der Waals surface area (Å²) in [6, 6.07) is 13.4. The summed E-state index contributed by atoms with van der Waals surface area (Å²) in [7, 11) is -3.88. The molecule has 1 amide bonds. The number of thioether (sulfide) groups is 1. The second kappa shape index (κ2) is 9.28. The van der Waals surface area contributed by atoms with E-state index in [1.54, 1.807) is 11.8 Å². The zero-order chi connectivity index (χ0) is 22.0. The first-order chi connectivity index (χ1) is 14.9. The lowest BCUT2D eigenvalue weighted by molar-refractivity contribution is -0.120. The molecule has 31 heavy (non-hydrogen) atoms. The van der Waals surface area contributed by atoms with Crippen LogP contribution < -0.4 is 4.90 Å². The molecule has 2 heterocycles. The van der Waals surface area contributed by atoms with Crippen molar-refractivity contribution in [2.75, 3.05) is 44.2 Å². The third kappa shape index (κ3) is 4.79. The van der Waals surface area contributed by atoms with Crippen LogP contribution in [0.15, 0.2) is 58.3 Å². The molecule has 0 aliphatic carbocycles. The van der Waals surface area contributed by atoms with Crippen molar-refractivity contribution in [3.05, 3.63) is 54.3 Å². The Labute approximate surface area is 187 Å². The van der Waals surface area contributed by atoms with Crippen molar-refractivity contribution >= 4 is 33.4 Å².